The first-order valence-electron chi connectivity index (χ1n) is 5.59. The molecule has 0 fully saturated rings. The first-order valence-corrected chi connectivity index (χ1v) is 5.59. The molecule has 8 heteroatoms. The van der Waals surface area contributed by atoms with E-state index in [1.54, 1.807) is 0 Å². The van der Waals surface area contributed by atoms with Crippen molar-refractivity contribution in [1.29, 1.82) is 0 Å². The quantitative estimate of drug-likeness (QED) is 0.236. The predicted octanol–water partition coefficient (Wildman–Crippen LogP) is -2.28. The van der Waals surface area contributed by atoms with Gasteiger partial charge in [-0.3, -0.25) is 0 Å². The van der Waals surface area contributed by atoms with Crippen LogP contribution in [0.2, 0.25) is 0 Å². The lowest BCUT2D eigenvalue weighted by Gasteiger charge is -2.22. The molecule has 0 aromatic heterocycles. The van der Waals surface area contributed by atoms with Crippen LogP contribution >= 0.6 is 0 Å². The van der Waals surface area contributed by atoms with Gasteiger partial charge < -0.3 is 40.5 Å². The van der Waals surface area contributed by atoms with Crippen LogP contribution in [0.25, 0.3) is 0 Å². The van der Waals surface area contributed by atoms with E-state index in [1.807, 2.05) is 0 Å². The van der Waals surface area contributed by atoms with Gasteiger partial charge in [-0.1, -0.05) is 0 Å². The Bertz CT molecular complexity index is 359. The molecule has 0 amide bonds. The number of phenols is 2. The maximum atomic E-state index is 9.90. The molecule has 0 heterocycles. The van der Waals surface area contributed by atoms with Crippen LogP contribution in [0, 0.1) is 0 Å². The minimum absolute atomic E-state index is 0.0258. The predicted molar refractivity (Wildman–Crippen MR) is 66.9 cm³/mol. The number of hydrogen-bond donors (Lipinski definition) is 7. The number of aromatic hydroxyl groups is 2. The van der Waals surface area contributed by atoms with E-state index in [2.05, 4.69) is 0 Å². The average Bonchev–Trinajstić information content (AvgIpc) is 2.47. The maximum absolute atomic E-state index is 9.90. The van der Waals surface area contributed by atoms with Gasteiger partial charge in [0.2, 0.25) is 0 Å². The topological polar surface area (TPSA) is 159 Å². The maximum Gasteiger partial charge on any atom is 0.151 e. The fourth-order valence-corrected chi connectivity index (χ4v) is 1.07. The number of aliphatic hydroxyl groups excluding tert-OH is 5. The van der Waals surface area contributed by atoms with Gasteiger partial charge in [0.1, 0.15) is 35.9 Å². The number of aldehydes is 1. The number of phenolic OH excluding ortho intramolecular Hbond substituents is 2. The van der Waals surface area contributed by atoms with E-state index in [0.29, 0.717) is 0 Å². The van der Waals surface area contributed by atoms with E-state index in [-0.39, 0.29) is 17.8 Å². The van der Waals surface area contributed by atoms with Gasteiger partial charge in [0.25, 0.3) is 0 Å². The number of carbonyl (C=O) groups is 1. The molecule has 4 atom stereocenters. The van der Waals surface area contributed by atoms with Crippen molar-refractivity contribution in [3.05, 3.63) is 24.3 Å². The molecule has 0 aliphatic rings. The van der Waals surface area contributed by atoms with Crippen LogP contribution < -0.4 is 0 Å². The van der Waals surface area contributed by atoms with Gasteiger partial charge in [0.05, 0.1) is 6.61 Å². The van der Waals surface area contributed by atoms with Crippen LogP contribution in [-0.4, -0.2) is 73.1 Å². The Balaban J connectivity index is 0.000000388. The molecule has 4 unspecified atom stereocenters. The summed E-state index contributed by atoms with van der Waals surface area (Å²) in [5.41, 5.74) is 0. The van der Waals surface area contributed by atoms with E-state index in [1.165, 1.54) is 24.3 Å². The molecule has 1 aromatic carbocycles. The summed E-state index contributed by atoms with van der Waals surface area (Å²) in [6, 6.07) is 5.70. The first kappa shape index (κ1) is 18.3. The third-order valence-corrected chi connectivity index (χ3v) is 2.27. The van der Waals surface area contributed by atoms with Crippen LogP contribution in [-0.2, 0) is 4.79 Å². The molecule has 0 saturated heterocycles. The molecule has 0 saturated carbocycles. The molecule has 0 radical (unpaired) electrons. The highest BCUT2D eigenvalue weighted by atomic mass is 16.4. The molecule has 1 rings (SSSR count). The molecule has 0 bridgehead atoms. The molecule has 1 aromatic rings. The van der Waals surface area contributed by atoms with Crippen LogP contribution in [0.1, 0.15) is 0 Å². The van der Waals surface area contributed by atoms with Crippen molar-refractivity contribution in [2.24, 2.45) is 0 Å². The molecular formula is C12H18O8. The number of benzene rings is 1. The largest absolute Gasteiger partial charge is 0.508 e. The Morgan fingerprint density at radius 2 is 1.30 bits per heavy atom. The Hall–Kier alpha value is -1.71. The third kappa shape index (κ3) is 6.45. The summed E-state index contributed by atoms with van der Waals surface area (Å²) in [6.45, 7) is -0.760. The summed E-state index contributed by atoms with van der Waals surface area (Å²) in [7, 11) is 0. The lowest BCUT2D eigenvalue weighted by molar-refractivity contribution is -0.136. The van der Waals surface area contributed by atoms with Gasteiger partial charge >= 0.3 is 0 Å². The second-order valence-corrected chi connectivity index (χ2v) is 3.87. The van der Waals surface area contributed by atoms with E-state index < -0.39 is 31.0 Å². The lowest BCUT2D eigenvalue weighted by Crippen LogP contribution is -2.46. The first-order chi connectivity index (χ1) is 9.33. The summed E-state index contributed by atoms with van der Waals surface area (Å²) in [5, 5.41) is 60.8. The van der Waals surface area contributed by atoms with E-state index in [9.17, 15) is 4.79 Å². The fraction of sp³-hybridized carbons (Fsp3) is 0.417. The number of hydrogen-bond acceptors (Lipinski definition) is 8. The second kappa shape index (κ2) is 9.23. The van der Waals surface area contributed by atoms with Crippen molar-refractivity contribution in [2.75, 3.05) is 6.61 Å². The average molecular weight is 290 g/mol. The van der Waals surface area contributed by atoms with E-state index in [0.717, 1.165) is 0 Å². The van der Waals surface area contributed by atoms with Gasteiger partial charge in [-0.25, -0.2) is 0 Å². The Morgan fingerprint density at radius 3 is 1.60 bits per heavy atom. The van der Waals surface area contributed by atoms with Gasteiger partial charge in [-0.05, 0) is 24.3 Å². The van der Waals surface area contributed by atoms with Crippen molar-refractivity contribution < 1.29 is 40.5 Å². The standard InChI is InChI=1S/C6H12O6.C6H6O2/c7-1-3(9)5(11)6(12)4(10)2-8;7-5-1-2-6(8)4-3-5/h1,3-6,8-12H,2H2;1-4,7-8H. The van der Waals surface area contributed by atoms with Gasteiger partial charge in [0.15, 0.2) is 6.29 Å². The minimum Gasteiger partial charge on any atom is -0.508 e. The van der Waals surface area contributed by atoms with Crippen molar-refractivity contribution in [1.82, 2.24) is 0 Å². The van der Waals surface area contributed by atoms with Gasteiger partial charge in [0, 0.05) is 0 Å². The molecule has 20 heavy (non-hydrogen) atoms. The molecule has 114 valence electrons. The zero-order chi connectivity index (χ0) is 15.7. The summed E-state index contributed by atoms with van der Waals surface area (Å²) in [5.74, 6) is 0.339. The number of rotatable bonds is 5. The number of carbonyl (C=O) groups excluding carboxylic acids is 1. The van der Waals surface area contributed by atoms with Crippen LogP contribution in [0.15, 0.2) is 24.3 Å². The highest BCUT2D eigenvalue weighted by molar-refractivity contribution is 5.56. The fourth-order valence-electron chi connectivity index (χ4n) is 1.07. The van der Waals surface area contributed by atoms with Crippen molar-refractivity contribution in [3.8, 4) is 11.5 Å². The van der Waals surface area contributed by atoms with E-state index >= 15 is 0 Å². The summed E-state index contributed by atoms with van der Waals surface area (Å²) in [6.07, 6.45) is -6.84. The zero-order valence-electron chi connectivity index (χ0n) is 10.4. The summed E-state index contributed by atoms with van der Waals surface area (Å²) >= 11 is 0. The Morgan fingerprint density at radius 1 is 0.900 bits per heavy atom. The summed E-state index contributed by atoms with van der Waals surface area (Å²) in [4.78, 5) is 9.90. The summed E-state index contributed by atoms with van der Waals surface area (Å²) < 4.78 is 0. The highest BCUT2D eigenvalue weighted by Crippen LogP contribution is 2.13. The Kier molecular flexibility index (Phi) is 8.45. The normalized spacial score (nSPS) is 16.2. The number of aliphatic hydroxyl groups is 5. The SMILES string of the molecule is O=CC(O)C(O)C(O)C(O)CO.Oc1ccc(O)cc1. The van der Waals surface area contributed by atoms with Crippen LogP contribution in [0.5, 0.6) is 11.5 Å². The monoisotopic (exact) mass is 290 g/mol. The van der Waals surface area contributed by atoms with E-state index in [4.69, 9.17) is 35.7 Å². The molecule has 8 nitrogen and oxygen atoms in total. The van der Waals surface area contributed by atoms with Crippen LogP contribution in [0.4, 0.5) is 0 Å². The van der Waals surface area contributed by atoms with Crippen molar-refractivity contribution in [3.63, 3.8) is 0 Å². The smallest absolute Gasteiger partial charge is 0.151 e. The highest BCUT2D eigenvalue weighted by Gasteiger charge is 2.29. The second-order valence-electron chi connectivity index (χ2n) is 3.87. The molecule has 0 aliphatic carbocycles. The molecule has 7 N–H and O–H groups in total. The third-order valence-electron chi connectivity index (χ3n) is 2.27. The molecular weight excluding hydrogens is 272 g/mol. The zero-order valence-corrected chi connectivity index (χ0v) is 10.4. The Labute approximate surface area is 114 Å². The van der Waals surface area contributed by atoms with Crippen LogP contribution in [0.3, 0.4) is 0 Å². The van der Waals surface area contributed by atoms with Crippen molar-refractivity contribution >= 4 is 6.29 Å². The molecule has 0 aliphatic heterocycles. The van der Waals surface area contributed by atoms with Gasteiger partial charge in [-0.2, -0.15) is 0 Å². The lowest BCUT2D eigenvalue weighted by atomic mass is 10.0. The minimum atomic E-state index is -1.79. The van der Waals surface area contributed by atoms with Crippen molar-refractivity contribution in [2.45, 2.75) is 24.4 Å². The molecule has 0 spiro atoms. The van der Waals surface area contributed by atoms with Gasteiger partial charge in [-0.15, -0.1) is 0 Å².